The van der Waals surface area contributed by atoms with Crippen LogP contribution in [0.15, 0.2) is 97.2 Å². The highest BCUT2D eigenvalue weighted by molar-refractivity contribution is 5.22. The van der Waals surface area contributed by atoms with Gasteiger partial charge in [-0.3, -0.25) is 0 Å². The van der Waals surface area contributed by atoms with Crippen molar-refractivity contribution in [1.29, 1.82) is 0 Å². The molecule has 0 amide bonds. The molecule has 0 bridgehead atoms. The largest absolute Gasteiger partial charge is 0.261 e. The zero-order valence-corrected chi connectivity index (χ0v) is 25.1. The first-order valence-corrected chi connectivity index (χ1v) is 16.0. The molecule has 1 atom stereocenters. The second-order valence-corrected chi connectivity index (χ2v) is 11.7. The quantitative estimate of drug-likeness (QED) is 0.0885. The lowest BCUT2D eigenvalue weighted by Crippen LogP contribution is -2.42. The van der Waals surface area contributed by atoms with Gasteiger partial charge in [0, 0.05) is 6.42 Å². The van der Waals surface area contributed by atoms with Crippen LogP contribution in [0.5, 0.6) is 0 Å². The van der Waals surface area contributed by atoms with Gasteiger partial charge in [0.15, 0.2) is 0 Å². The van der Waals surface area contributed by atoms with Crippen LogP contribution in [0.3, 0.4) is 0 Å². The van der Waals surface area contributed by atoms with E-state index >= 15 is 0 Å². The fourth-order valence-corrected chi connectivity index (χ4v) is 5.92. The van der Waals surface area contributed by atoms with Gasteiger partial charge >= 0.3 is 0 Å². The Kier molecular flexibility index (Phi) is 12.6. The Morgan fingerprint density at radius 1 is 0.625 bits per heavy atom. The first-order chi connectivity index (χ1) is 19.7. The van der Waals surface area contributed by atoms with E-state index < -0.39 is 0 Å². The van der Waals surface area contributed by atoms with Crippen LogP contribution < -0.4 is 4.57 Å². The van der Waals surface area contributed by atoms with Crippen LogP contribution in [0.1, 0.15) is 112 Å². The van der Waals surface area contributed by atoms with Crippen molar-refractivity contribution in [3.63, 3.8) is 0 Å². The molecule has 1 aromatic heterocycles. The van der Waals surface area contributed by atoms with E-state index in [9.17, 15) is 0 Å². The van der Waals surface area contributed by atoms with Crippen molar-refractivity contribution in [1.82, 2.24) is 4.57 Å². The van der Waals surface area contributed by atoms with E-state index in [0.29, 0.717) is 5.92 Å². The van der Waals surface area contributed by atoms with E-state index in [0.717, 1.165) is 25.9 Å². The Morgan fingerprint density at radius 3 is 1.75 bits per heavy atom. The zero-order chi connectivity index (χ0) is 27.8. The first-order valence-electron chi connectivity index (χ1n) is 16.0. The predicted molar refractivity (Wildman–Crippen MR) is 170 cm³/mol. The Bertz CT molecular complexity index is 1210. The normalized spacial score (nSPS) is 12.1. The topological polar surface area (TPSA) is 8.81 Å². The fourth-order valence-electron chi connectivity index (χ4n) is 5.92. The van der Waals surface area contributed by atoms with Crippen LogP contribution in [0.25, 0.3) is 0 Å². The number of benzene rings is 3. The van der Waals surface area contributed by atoms with Crippen molar-refractivity contribution in [2.24, 2.45) is 0 Å². The van der Waals surface area contributed by atoms with Crippen molar-refractivity contribution in [2.45, 2.75) is 110 Å². The van der Waals surface area contributed by atoms with Crippen LogP contribution in [0, 0.1) is 0 Å². The van der Waals surface area contributed by atoms with Gasteiger partial charge in [-0.2, -0.15) is 0 Å². The first kappa shape index (κ1) is 29.8. The average Bonchev–Trinajstić information content (AvgIpc) is 3.30. The van der Waals surface area contributed by atoms with Gasteiger partial charge in [-0.1, -0.05) is 156 Å². The van der Waals surface area contributed by atoms with Gasteiger partial charge in [0.25, 0.3) is 5.82 Å². The summed E-state index contributed by atoms with van der Waals surface area (Å²) in [5.74, 6) is 1.90. The molecule has 3 aromatic carbocycles. The highest BCUT2D eigenvalue weighted by atomic mass is 15.2. The molecule has 1 heterocycles. The maximum absolute atomic E-state index is 2.62. The number of aryl methyl sites for hydroxylation is 1. The van der Waals surface area contributed by atoms with Crippen molar-refractivity contribution in [3.8, 4) is 0 Å². The van der Waals surface area contributed by atoms with Gasteiger partial charge in [-0.15, -0.1) is 0 Å². The predicted octanol–water partition coefficient (Wildman–Crippen LogP) is 9.68. The van der Waals surface area contributed by atoms with Gasteiger partial charge in [0.1, 0.15) is 18.4 Å². The monoisotopic (exact) mass is 535 g/mol. The van der Waals surface area contributed by atoms with Crippen molar-refractivity contribution in [3.05, 3.63) is 125 Å². The van der Waals surface area contributed by atoms with Gasteiger partial charge in [0.05, 0.1) is 13.0 Å². The summed E-state index contributed by atoms with van der Waals surface area (Å²) in [5, 5.41) is 0. The summed E-state index contributed by atoms with van der Waals surface area (Å²) < 4.78 is 5.21. The second-order valence-electron chi connectivity index (χ2n) is 11.7. The van der Waals surface area contributed by atoms with Crippen LogP contribution in [-0.2, 0) is 25.9 Å². The van der Waals surface area contributed by atoms with Gasteiger partial charge < -0.3 is 0 Å². The summed E-state index contributed by atoms with van der Waals surface area (Å²) in [6.45, 7) is 6.70. The lowest BCUT2D eigenvalue weighted by Gasteiger charge is -2.12. The van der Waals surface area contributed by atoms with E-state index in [1.807, 2.05) is 0 Å². The standard InChI is InChI=1S/C38H51N2/c1-3-4-5-6-7-8-9-10-11-21-28-39-32-37(29-33(2)36-26-19-14-20-27-36)40(31-35-24-17-13-18-25-35)38(39)30-34-22-15-12-16-23-34/h12-20,22-27,32-33H,3-11,21,28-31H2,1-2H3/q+1. The third-order valence-electron chi connectivity index (χ3n) is 8.32. The molecule has 40 heavy (non-hydrogen) atoms. The summed E-state index contributed by atoms with van der Waals surface area (Å²) in [4.78, 5) is 0. The molecule has 0 fully saturated rings. The number of nitrogens with zero attached hydrogens (tertiary/aromatic N) is 2. The number of imidazole rings is 1. The van der Waals surface area contributed by atoms with Crippen molar-refractivity contribution < 1.29 is 4.57 Å². The smallest absolute Gasteiger partial charge is 0.234 e. The third kappa shape index (κ3) is 9.51. The summed E-state index contributed by atoms with van der Waals surface area (Å²) in [6, 6.07) is 33.0. The Morgan fingerprint density at radius 2 is 1.15 bits per heavy atom. The van der Waals surface area contributed by atoms with Gasteiger partial charge in [-0.05, 0) is 35.4 Å². The molecule has 0 spiro atoms. The minimum absolute atomic E-state index is 0.473. The summed E-state index contributed by atoms with van der Waals surface area (Å²) >= 11 is 0. The number of rotatable bonds is 18. The van der Waals surface area contributed by atoms with Crippen LogP contribution in [-0.4, -0.2) is 4.57 Å². The minimum atomic E-state index is 0.473. The second kappa shape index (κ2) is 16.9. The van der Waals surface area contributed by atoms with Crippen LogP contribution in [0.4, 0.5) is 0 Å². The van der Waals surface area contributed by atoms with Gasteiger partial charge in [0.2, 0.25) is 0 Å². The van der Waals surface area contributed by atoms with Crippen LogP contribution in [0.2, 0.25) is 0 Å². The molecule has 212 valence electrons. The lowest BCUT2D eigenvalue weighted by atomic mass is 9.96. The molecular weight excluding hydrogens is 484 g/mol. The number of unbranched alkanes of at least 4 members (excludes halogenated alkanes) is 9. The lowest BCUT2D eigenvalue weighted by molar-refractivity contribution is -0.702. The average molecular weight is 536 g/mol. The van der Waals surface area contributed by atoms with E-state index in [-0.39, 0.29) is 0 Å². The Balaban J connectivity index is 1.50. The highest BCUT2D eigenvalue weighted by Crippen LogP contribution is 2.21. The molecule has 4 aromatic rings. The molecule has 0 N–H and O–H groups in total. The molecule has 4 rings (SSSR count). The number of hydrogen-bond acceptors (Lipinski definition) is 0. The molecule has 0 saturated carbocycles. The van der Waals surface area contributed by atoms with E-state index in [4.69, 9.17) is 0 Å². The fraction of sp³-hybridized carbons (Fsp3) is 0.447. The number of aromatic nitrogens is 2. The molecule has 2 nitrogen and oxygen atoms in total. The SMILES string of the molecule is CCCCCCCCCCCCn1cc(CC(C)c2ccccc2)[n+](Cc2ccccc2)c1Cc1ccccc1. The maximum Gasteiger partial charge on any atom is 0.261 e. The molecule has 0 aliphatic carbocycles. The summed E-state index contributed by atoms with van der Waals surface area (Å²) in [5.41, 5.74) is 5.61. The highest BCUT2D eigenvalue weighted by Gasteiger charge is 2.25. The zero-order valence-electron chi connectivity index (χ0n) is 25.1. The molecule has 0 aliphatic rings. The molecule has 2 heteroatoms. The maximum atomic E-state index is 2.62. The molecule has 0 saturated heterocycles. The van der Waals surface area contributed by atoms with Gasteiger partial charge in [-0.25, -0.2) is 9.13 Å². The summed E-state index contributed by atoms with van der Waals surface area (Å²) in [6.07, 6.45) is 18.2. The van der Waals surface area contributed by atoms with Crippen LogP contribution >= 0.6 is 0 Å². The van der Waals surface area contributed by atoms with Crippen molar-refractivity contribution >= 4 is 0 Å². The van der Waals surface area contributed by atoms with E-state index in [1.165, 1.54) is 92.4 Å². The molecule has 0 aliphatic heterocycles. The molecule has 0 radical (unpaired) electrons. The van der Waals surface area contributed by atoms with E-state index in [2.05, 4.69) is 120 Å². The summed E-state index contributed by atoms with van der Waals surface area (Å²) in [7, 11) is 0. The van der Waals surface area contributed by atoms with Crippen molar-refractivity contribution in [2.75, 3.05) is 0 Å². The Labute approximate surface area is 244 Å². The van der Waals surface area contributed by atoms with E-state index in [1.54, 1.807) is 0 Å². The number of hydrogen-bond donors (Lipinski definition) is 0. The Hall–Kier alpha value is -3.13. The minimum Gasteiger partial charge on any atom is -0.234 e. The third-order valence-corrected chi connectivity index (χ3v) is 8.32. The molecule has 1 unspecified atom stereocenters. The molecular formula is C38H51N2+.